The lowest BCUT2D eigenvalue weighted by molar-refractivity contribution is 0.104. The van der Waals surface area contributed by atoms with E-state index in [1.807, 2.05) is 6.92 Å². The first kappa shape index (κ1) is 14.3. The van der Waals surface area contributed by atoms with Gasteiger partial charge in [-0.2, -0.15) is 0 Å². The summed E-state index contributed by atoms with van der Waals surface area (Å²) in [5.41, 5.74) is 2.50. The van der Waals surface area contributed by atoms with Crippen LogP contribution in [0.4, 0.5) is 5.69 Å². The molecule has 0 saturated heterocycles. The Kier molecular flexibility index (Phi) is 4.56. The first-order chi connectivity index (χ1) is 9.69. The van der Waals surface area contributed by atoms with Crippen molar-refractivity contribution in [2.45, 2.75) is 26.7 Å². The second-order valence-electron chi connectivity index (χ2n) is 4.73. The maximum atomic E-state index is 12.1. The van der Waals surface area contributed by atoms with E-state index >= 15 is 0 Å². The number of aromatic hydroxyl groups is 1. The number of rotatable bonds is 5. The number of phenols is 1. The average molecular weight is 272 g/mol. The maximum absolute atomic E-state index is 12.1. The zero-order valence-corrected chi connectivity index (χ0v) is 11.9. The summed E-state index contributed by atoms with van der Waals surface area (Å²) in [5.74, 6) is 0.0101. The van der Waals surface area contributed by atoms with Gasteiger partial charge in [0.2, 0.25) is 0 Å². The van der Waals surface area contributed by atoms with Gasteiger partial charge < -0.3 is 10.4 Å². The van der Waals surface area contributed by atoms with Crippen LogP contribution in [0.1, 0.15) is 42.6 Å². The van der Waals surface area contributed by atoms with E-state index in [-0.39, 0.29) is 11.5 Å². The molecular formula is C16H20N2O2. The molecule has 0 radical (unpaired) electrons. The maximum Gasteiger partial charge on any atom is 0.188 e. The Morgan fingerprint density at radius 1 is 1.20 bits per heavy atom. The van der Waals surface area contributed by atoms with Gasteiger partial charge in [0.15, 0.2) is 5.78 Å². The monoisotopic (exact) mass is 272 g/mol. The standard InChI is InChI=1S/C16H20N2O2/c1-3-5-10-18-12-7-9-13(19)15-11(17-4-2)6-8-14(20)16(12)15/h6-9,17,20H,3-5,10H2,1-2H3. The number of unbranched alkanes of at least 4 members (excludes halogenated alkanes) is 1. The second kappa shape index (κ2) is 6.37. The van der Waals surface area contributed by atoms with Crippen molar-refractivity contribution in [3.05, 3.63) is 35.4 Å². The fourth-order valence-corrected chi connectivity index (χ4v) is 2.26. The molecule has 1 aromatic carbocycles. The van der Waals surface area contributed by atoms with Gasteiger partial charge in [0, 0.05) is 18.8 Å². The van der Waals surface area contributed by atoms with Crippen molar-refractivity contribution in [1.82, 2.24) is 0 Å². The number of allylic oxidation sites excluding steroid dienone is 2. The highest BCUT2D eigenvalue weighted by Gasteiger charge is 2.24. The summed E-state index contributed by atoms with van der Waals surface area (Å²) in [6, 6.07) is 3.34. The normalized spacial score (nSPS) is 15.5. The first-order valence-corrected chi connectivity index (χ1v) is 7.06. The number of ketones is 1. The summed E-state index contributed by atoms with van der Waals surface area (Å²) in [4.78, 5) is 16.6. The van der Waals surface area contributed by atoms with Crippen LogP contribution in [-0.4, -0.2) is 29.7 Å². The lowest BCUT2D eigenvalue weighted by Gasteiger charge is -2.18. The van der Waals surface area contributed by atoms with Crippen LogP contribution in [0.25, 0.3) is 0 Å². The highest BCUT2D eigenvalue weighted by Crippen LogP contribution is 2.32. The van der Waals surface area contributed by atoms with Crippen LogP contribution in [0, 0.1) is 0 Å². The molecule has 20 heavy (non-hydrogen) atoms. The summed E-state index contributed by atoms with van der Waals surface area (Å²) in [7, 11) is 0. The molecule has 2 rings (SSSR count). The smallest absolute Gasteiger partial charge is 0.188 e. The van der Waals surface area contributed by atoms with Crippen molar-refractivity contribution in [2.24, 2.45) is 4.99 Å². The second-order valence-corrected chi connectivity index (χ2v) is 4.73. The Bertz CT molecular complexity index is 574. The molecule has 4 heteroatoms. The number of aliphatic imine (C=N–C) groups is 1. The zero-order valence-electron chi connectivity index (χ0n) is 11.9. The number of nitrogens with zero attached hydrogens (tertiary/aromatic N) is 1. The molecule has 0 aromatic heterocycles. The molecular weight excluding hydrogens is 252 g/mol. The van der Waals surface area contributed by atoms with Gasteiger partial charge in [-0.25, -0.2) is 0 Å². The largest absolute Gasteiger partial charge is 0.507 e. The van der Waals surface area contributed by atoms with Gasteiger partial charge in [-0.1, -0.05) is 13.3 Å². The Morgan fingerprint density at radius 3 is 2.70 bits per heavy atom. The number of hydrogen-bond donors (Lipinski definition) is 2. The molecule has 1 aromatic rings. The quantitative estimate of drug-likeness (QED) is 0.639. The van der Waals surface area contributed by atoms with Gasteiger partial charge in [0.1, 0.15) is 5.75 Å². The van der Waals surface area contributed by atoms with E-state index in [1.54, 1.807) is 18.2 Å². The third-order valence-corrected chi connectivity index (χ3v) is 3.24. The lowest BCUT2D eigenvalue weighted by atomic mass is 9.91. The minimum absolute atomic E-state index is 0.0960. The third-order valence-electron chi connectivity index (χ3n) is 3.24. The molecule has 0 bridgehead atoms. The number of benzene rings is 1. The number of carbonyl (C=O) groups excluding carboxylic acids is 1. The van der Waals surface area contributed by atoms with Gasteiger partial charge in [-0.15, -0.1) is 0 Å². The molecule has 0 saturated carbocycles. The predicted octanol–water partition coefficient (Wildman–Crippen LogP) is 3.17. The molecule has 0 heterocycles. The Hall–Kier alpha value is -2.10. The zero-order chi connectivity index (χ0) is 14.5. The molecule has 106 valence electrons. The fourth-order valence-electron chi connectivity index (χ4n) is 2.26. The number of carbonyl (C=O) groups is 1. The molecule has 2 N–H and O–H groups in total. The molecule has 4 nitrogen and oxygen atoms in total. The predicted molar refractivity (Wildman–Crippen MR) is 82.1 cm³/mol. The molecule has 0 spiro atoms. The minimum atomic E-state index is -0.0960. The SMILES string of the molecule is CCCCN=C1C=CC(=O)c2c(NCC)ccc(O)c21. The van der Waals surface area contributed by atoms with E-state index in [1.165, 1.54) is 6.08 Å². The van der Waals surface area contributed by atoms with Crippen LogP contribution in [0.2, 0.25) is 0 Å². The summed E-state index contributed by atoms with van der Waals surface area (Å²) >= 11 is 0. The molecule has 0 amide bonds. The Balaban J connectivity index is 2.50. The van der Waals surface area contributed by atoms with Crippen LogP contribution < -0.4 is 5.32 Å². The topological polar surface area (TPSA) is 61.7 Å². The number of fused-ring (bicyclic) bond motifs is 1. The third kappa shape index (κ3) is 2.74. The van der Waals surface area contributed by atoms with Gasteiger partial charge in [0.25, 0.3) is 0 Å². The van der Waals surface area contributed by atoms with E-state index < -0.39 is 0 Å². The van der Waals surface area contributed by atoms with Crippen molar-refractivity contribution in [1.29, 1.82) is 0 Å². The van der Waals surface area contributed by atoms with Crippen LogP contribution in [0.5, 0.6) is 5.75 Å². The number of phenolic OH excluding ortho intramolecular Hbond substituents is 1. The summed E-state index contributed by atoms with van der Waals surface area (Å²) in [5, 5.41) is 13.3. The molecule has 1 aliphatic rings. The summed E-state index contributed by atoms with van der Waals surface area (Å²) in [6.45, 7) is 5.50. The van der Waals surface area contributed by atoms with E-state index in [0.29, 0.717) is 23.4 Å². The van der Waals surface area contributed by atoms with E-state index in [4.69, 9.17) is 0 Å². The minimum Gasteiger partial charge on any atom is -0.507 e. The Labute approximate surface area is 119 Å². The van der Waals surface area contributed by atoms with Crippen LogP contribution in [-0.2, 0) is 0 Å². The average Bonchev–Trinajstić information content (AvgIpc) is 2.44. The van der Waals surface area contributed by atoms with Gasteiger partial charge in [-0.3, -0.25) is 9.79 Å². The van der Waals surface area contributed by atoms with Crippen molar-refractivity contribution in [3.63, 3.8) is 0 Å². The molecule has 0 atom stereocenters. The van der Waals surface area contributed by atoms with Crippen LogP contribution >= 0.6 is 0 Å². The van der Waals surface area contributed by atoms with Crippen molar-refractivity contribution in [2.75, 3.05) is 18.4 Å². The number of nitrogens with one attached hydrogen (secondary N) is 1. The fraction of sp³-hybridized carbons (Fsp3) is 0.375. The van der Waals surface area contributed by atoms with Crippen LogP contribution in [0.3, 0.4) is 0 Å². The highest BCUT2D eigenvalue weighted by atomic mass is 16.3. The van der Waals surface area contributed by atoms with Crippen molar-refractivity contribution >= 4 is 17.2 Å². The molecule has 1 aliphatic carbocycles. The van der Waals surface area contributed by atoms with E-state index in [9.17, 15) is 9.90 Å². The Morgan fingerprint density at radius 2 is 2.00 bits per heavy atom. The van der Waals surface area contributed by atoms with Gasteiger partial charge in [0.05, 0.1) is 16.8 Å². The van der Waals surface area contributed by atoms with E-state index in [0.717, 1.165) is 25.1 Å². The lowest BCUT2D eigenvalue weighted by Crippen LogP contribution is -2.16. The summed E-state index contributed by atoms with van der Waals surface area (Å²) in [6.07, 6.45) is 5.27. The van der Waals surface area contributed by atoms with E-state index in [2.05, 4.69) is 17.2 Å². The highest BCUT2D eigenvalue weighted by molar-refractivity contribution is 6.27. The summed E-state index contributed by atoms with van der Waals surface area (Å²) < 4.78 is 0. The molecule has 0 unspecified atom stereocenters. The van der Waals surface area contributed by atoms with Crippen LogP contribution in [0.15, 0.2) is 29.3 Å². The van der Waals surface area contributed by atoms with Crippen molar-refractivity contribution in [3.8, 4) is 5.75 Å². The molecule has 0 fully saturated rings. The van der Waals surface area contributed by atoms with Gasteiger partial charge in [-0.05, 0) is 37.6 Å². The first-order valence-electron chi connectivity index (χ1n) is 7.06. The van der Waals surface area contributed by atoms with Crippen molar-refractivity contribution < 1.29 is 9.90 Å². The molecule has 0 aliphatic heterocycles. The number of anilines is 1. The number of hydrogen-bond acceptors (Lipinski definition) is 4. The van der Waals surface area contributed by atoms with Gasteiger partial charge >= 0.3 is 0 Å².